The summed E-state index contributed by atoms with van der Waals surface area (Å²) in [6.07, 6.45) is -1.74. The SMILES string of the molecule is Cc1cnccc1CNC(CC(F)(F)F)c1ccccc1. The van der Waals surface area contributed by atoms with Crippen LogP contribution in [0.3, 0.4) is 0 Å². The lowest BCUT2D eigenvalue weighted by molar-refractivity contribution is -0.140. The van der Waals surface area contributed by atoms with E-state index < -0.39 is 18.6 Å². The van der Waals surface area contributed by atoms with Crippen molar-refractivity contribution >= 4 is 0 Å². The van der Waals surface area contributed by atoms with Gasteiger partial charge >= 0.3 is 6.18 Å². The molecule has 2 nitrogen and oxygen atoms in total. The first-order valence-electron chi connectivity index (χ1n) is 6.70. The standard InChI is InChI=1S/C16H17F3N2/c1-12-10-20-8-7-14(12)11-21-15(9-16(17,18)19)13-5-3-2-4-6-13/h2-8,10,15,21H,9,11H2,1H3. The number of aryl methyl sites for hydroxylation is 1. The highest BCUT2D eigenvalue weighted by Gasteiger charge is 2.32. The van der Waals surface area contributed by atoms with E-state index in [1.165, 1.54) is 0 Å². The second-order valence-corrected chi connectivity index (χ2v) is 4.97. The molecule has 21 heavy (non-hydrogen) atoms. The summed E-state index contributed by atoms with van der Waals surface area (Å²) in [5.74, 6) is 0. The fourth-order valence-corrected chi connectivity index (χ4v) is 2.16. The molecule has 1 unspecified atom stereocenters. The molecule has 5 heteroatoms. The third-order valence-corrected chi connectivity index (χ3v) is 3.31. The average molecular weight is 294 g/mol. The van der Waals surface area contributed by atoms with Gasteiger partial charge in [-0.15, -0.1) is 0 Å². The zero-order chi connectivity index (χ0) is 15.3. The van der Waals surface area contributed by atoms with Gasteiger partial charge in [0.25, 0.3) is 0 Å². The van der Waals surface area contributed by atoms with Crippen LogP contribution in [0.25, 0.3) is 0 Å². The number of nitrogens with one attached hydrogen (secondary N) is 1. The van der Waals surface area contributed by atoms with Crippen molar-refractivity contribution in [2.24, 2.45) is 0 Å². The van der Waals surface area contributed by atoms with Crippen molar-refractivity contribution < 1.29 is 13.2 Å². The molecule has 112 valence electrons. The molecule has 2 rings (SSSR count). The molecule has 1 atom stereocenters. The topological polar surface area (TPSA) is 24.9 Å². The molecule has 0 spiro atoms. The zero-order valence-electron chi connectivity index (χ0n) is 11.7. The Bertz CT molecular complexity index is 567. The number of alkyl halides is 3. The van der Waals surface area contributed by atoms with E-state index in [0.29, 0.717) is 12.1 Å². The number of benzene rings is 1. The molecule has 2 aromatic rings. The van der Waals surface area contributed by atoms with Gasteiger partial charge in [0.2, 0.25) is 0 Å². The summed E-state index contributed by atoms with van der Waals surface area (Å²) in [5, 5.41) is 3.00. The van der Waals surface area contributed by atoms with Crippen molar-refractivity contribution in [1.29, 1.82) is 0 Å². The van der Waals surface area contributed by atoms with Gasteiger partial charge in [0, 0.05) is 25.0 Å². The maximum Gasteiger partial charge on any atom is 0.390 e. The monoisotopic (exact) mass is 294 g/mol. The molecule has 0 radical (unpaired) electrons. The van der Waals surface area contributed by atoms with E-state index in [1.54, 1.807) is 42.7 Å². The maximum atomic E-state index is 12.7. The van der Waals surface area contributed by atoms with E-state index in [2.05, 4.69) is 10.3 Å². The lowest BCUT2D eigenvalue weighted by Gasteiger charge is -2.21. The van der Waals surface area contributed by atoms with Crippen molar-refractivity contribution in [2.75, 3.05) is 0 Å². The summed E-state index contributed by atoms with van der Waals surface area (Å²) < 4.78 is 38.2. The maximum absolute atomic E-state index is 12.7. The Hall–Kier alpha value is -1.88. The van der Waals surface area contributed by atoms with Crippen LogP contribution in [0.1, 0.15) is 29.2 Å². The highest BCUT2D eigenvalue weighted by molar-refractivity contribution is 5.23. The minimum Gasteiger partial charge on any atom is -0.306 e. The van der Waals surface area contributed by atoms with Crippen LogP contribution >= 0.6 is 0 Å². The van der Waals surface area contributed by atoms with E-state index >= 15 is 0 Å². The van der Waals surface area contributed by atoms with Crippen LogP contribution in [0.5, 0.6) is 0 Å². The van der Waals surface area contributed by atoms with Gasteiger partial charge < -0.3 is 5.32 Å². The van der Waals surface area contributed by atoms with Crippen molar-refractivity contribution in [2.45, 2.75) is 32.1 Å². The Morgan fingerprint density at radius 2 is 1.86 bits per heavy atom. The minimum absolute atomic E-state index is 0.379. The van der Waals surface area contributed by atoms with Crippen LogP contribution in [0.2, 0.25) is 0 Å². The molecule has 0 saturated carbocycles. The van der Waals surface area contributed by atoms with Gasteiger partial charge in [-0.2, -0.15) is 13.2 Å². The molecular formula is C16H17F3N2. The van der Waals surface area contributed by atoms with Gasteiger partial charge in [-0.05, 0) is 29.7 Å². The summed E-state index contributed by atoms with van der Waals surface area (Å²) in [7, 11) is 0. The van der Waals surface area contributed by atoms with Crippen molar-refractivity contribution in [3.8, 4) is 0 Å². The third kappa shape index (κ3) is 4.86. The van der Waals surface area contributed by atoms with Crippen LogP contribution in [-0.2, 0) is 6.54 Å². The average Bonchev–Trinajstić information content (AvgIpc) is 2.45. The number of halogens is 3. The fourth-order valence-electron chi connectivity index (χ4n) is 2.16. The largest absolute Gasteiger partial charge is 0.390 e. The second-order valence-electron chi connectivity index (χ2n) is 4.97. The second kappa shape index (κ2) is 6.72. The lowest BCUT2D eigenvalue weighted by atomic mass is 10.0. The molecular weight excluding hydrogens is 277 g/mol. The predicted octanol–water partition coefficient (Wildman–Crippen LogP) is 4.17. The highest BCUT2D eigenvalue weighted by atomic mass is 19.4. The molecule has 0 fully saturated rings. The molecule has 1 aromatic heterocycles. The molecule has 0 amide bonds. The van der Waals surface area contributed by atoms with E-state index in [-0.39, 0.29) is 0 Å². The molecule has 1 heterocycles. The van der Waals surface area contributed by atoms with Crippen LogP contribution < -0.4 is 5.32 Å². The molecule has 1 aromatic carbocycles. The van der Waals surface area contributed by atoms with Gasteiger partial charge in [-0.3, -0.25) is 4.98 Å². The Balaban J connectivity index is 2.11. The summed E-state index contributed by atoms with van der Waals surface area (Å²) >= 11 is 0. The van der Waals surface area contributed by atoms with E-state index in [1.807, 2.05) is 13.0 Å². The first-order chi connectivity index (χ1) is 9.96. The van der Waals surface area contributed by atoms with Crippen molar-refractivity contribution in [3.63, 3.8) is 0 Å². The quantitative estimate of drug-likeness (QED) is 0.895. The van der Waals surface area contributed by atoms with Crippen LogP contribution in [0, 0.1) is 6.92 Å². The Kier molecular flexibility index (Phi) is 4.96. The van der Waals surface area contributed by atoms with Crippen LogP contribution in [0.15, 0.2) is 48.8 Å². The summed E-state index contributed by atoms with van der Waals surface area (Å²) in [5.41, 5.74) is 2.55. The number of aromatic nitrogens is 1. The first kappa shape index (κ1) is 15.5. The number of hydrogen-bond acceptors (Lipinski definition) is 2. The number of rotatable bonds is 5. The first-order valence-corrected chi connectivity index (χ1v) is 6.70. The highest BCUT2D eigenvalue weighted by Crippen LogP contribution is 2.29. The van der Waals surface area contributed by atoms with E-state index in [4.69, 9.17) is 0 Å². The Morgan fingerprint density at radius 1 is 1.14 bits per heavy atom. The number of pyridine rings is 1. The van der Waals surface area contributed by atoms with Gasteiger partial charge in [-0.1, -0.05) is 30.3 Å². The van der Waals surface area contributed by atoms with Crippen molar-refractivity contribution in [3.05, 3.63) is 65.5 Å². The third-order valence-electron chi connectivity index (χ3n) is 3.31. The van der Waals surface area contributed by atoms with Gasteiger partial charge in [0.05, 0.1) is 6.42 Å². The van der Waals surface area contributed by atoms with Gasteiger partial charge in [0.1, 0.15) is 0 Å². The normalized spacial score (nSPS) is 13.1. The minimum atomic E-state index is -4.21. The van der Waals surface area contributed by atoms with Gasteiger partial charge in [0.15, 0.2) is 0 Å². The zero-order valence-corrected chi connectivity index (χ0v) is 11.7. The molecule has 0 saturated heterocycles. The Morgan fingerprint density at radius 3 is 2.48 bits per heavy atom. The molecule has 0 bridgehead atoms. The van der Waals surface area contributed by atoms with Crippen LogP contribution in [0.4, 0.5) is 13.2 Å². The van der Waals surface area contributed by atoms with Crippen LogP contribution in [-0.4, -0.2) is 11.2 Å². The summed E-state index contributed by atoms with van der Waals surface area (Å²) in [6, 6.07) is 9.78. The number of hydrogen-bond donors (Lipinski definition) is 1. The van der Waals surface area contributed by atoms with E-state index in [9.17, 15) is 13.2 Å². The smallest absolute Gasteiger partial charge is 0.306 e. The molecule has 0 aliphatic rings. The number of nitrogens with zero attached hydrogens (tertiary/aromatic N) is 1. The molecule has 0 aliphatic carbocycles. The summed E-state index contributed by atoms with van der Waals surface area (Å²) in [6.45, 7) is 2.27. The fraction of sp³-hybridized carbons (Fsp3) is 0.312. The van der Waals surface area contributed by atoms with E-state index in [0.717, 1.165) is 11.1 Å². The Labute approximate surface area is 122 Å². The lowest BCUT2D eigenvalue weighted by Crippen LogP contribution is -2.26. The predicted molar refractivity (Wildman–Crippen MR) is 75.7 cm³/mol. The molecule has 1 N–H and O–H groups in total. The molecule has 0 aliphatic heterocycles. The van der Waals surface area contributed by atoms with Crippen molar-refractivity contribution in [1.82, 2.24) is 10.3 Å². The van der Waals surface area contributed by atoms with Gasteiger partial charge in [-0.25, -0.2) is 0 Å². The summed E-state index contributed by atoms with van der Waals surface area (Å²) in [4.78, 5) is 3.98.